The number of hydrogen-bond donors (Lipinski definition) is 1. The van der Waals surface area contributed by atoms with Gasteiger partial charge < -0.3 is 14.9 Å². The summed E-state index contributed by atoms with van der Waals surface area (Å²) in [5.74, 6) is -1.05. The van der Waals surface area contributed by atoms with Crippen molar-refractivity contribution in [2.45, 2.75) is 12.8 Å². The van der Waals surface area contributed by atoms with Crippen LogP contribution in [-0.2, 0) is 9.59 Å². The van der Waals surface area contributed by atoms with E-state index in [2.05, 4.69) is 0 Å². The summed E-state index contributed by atoms with van der Waals surface area (Å²) >= 11 is 0. The average Bonchev–Trinajstić information content (AvgIpc) is 2.09. The minimum Gasteiger partial charge on any atom is -0.481 e. The van der Waals surface area contributed by atoms with Crippen LogP contribution in [0.5, 0.6) is 0 Å². The highest BCUT2D eigenvalue weighted by molar-refractivity contribution is 5.80. The van der Waals surface area contributed by atoms with Gasteiger partial charge in [-0.1, -0.05) is 0 Å². The van der Waals surface area contributed by atoms with Gasteiger partial charge in [-0.2, -0.15) is 0 Å². The van der Waals surface area contributed by atoms with Crippen LogP contribution >= 0.6 is 0 Å². The molecule has 0 atom stereocenters. The van der Waals surface area contributed by atoms with E-state index in [1.807, 2.05) is 19.0 Å². The number of aliphatic carboxylic acids is 1. The van der Waals surface area contributed by atoms with E-state index in [1.165, 1.54) is 0 Å². The zero-order chi connectivity index (χ0) is 11.1. The Hall–Kier alpha value is -1.10. The summed E-state index contributed by atoms with van der Waals surface area (Å²) in [6.45, 7) is 1.42. The van der Waals surface area contributed by atoms with Crippen LogP contribution in [0.25, 0.3) is 0 Å². The second-order valence-electron chi connectivity index (χ2n) is 3.51. The van der Waals surface area contributed by atoms with Crippen LogP contribution in [0.15, 0.2) is 0 Å². The molecule has 0 aromatic carbocycles. The van der Waals surface area contributed by atoms with Crippen molar-refractivity contribution in [3.8, 4) is 0 Å². The van der Waals surface area contributed by atoms with Crippen LogP contribution in [0.1, 0.15) is 12.8 Å². The molecule has 0 fully saturated rings. The summed E-state index contributed by atoms with van der Waals surface area (Å²) < 4.78 is 0. The first kappa shape index (κ1) is 12.9. The minimum absolute atomic E-state index is 0.0826. The van der Waals surface area contributed by atoms with Gasteiger partial charge in [0, 0.05) is 26.6 Å². The molecule has 0 saturated heterocycles. The van der Waals surface area contributed by atoms with Crippen molar-refractivity contribution in [1.82, 2.24) is 9.80 Å². The molecule has 14 heavy (non-hydrogen) atoms. The molecule has 0 bridgehead atoms. The number of hydrogen-bond acceptors (Lipinski definition) is 3. The topological polar surface area (TPSA) is 60.9 Å². The number of amides is 1. The molecule has 5 heteroatoms. The van der Waals surface area contributed by atoms with E-state index in [1.54, 1.807) is 11.9 Å². The highest BCUT2D eigenvalue weighted by Gasteiger charge is 2.10. The van der Waals surface area contributed by atoms with Gasteiger partial charge in [0.1, 0.15) is 0 Å². The first-order valence-electron chi connectivity index (χ1n) is 4.54. The molecule has 0 spiro atoms. The Kier molecular flexibility index (Phi) is 5.87. The van der Waals surface area contributed by atoms with Gasteiger partial charge in [0.05, 0.1) is 6.42 Å². The fourth-order valence-corrected chi connectivity index (χ4v) is 0.879. The Bertz CT molecular complexity index is 204. The SMILES string of the molecule is CN(C)CCN(C)C(=O)CCC(=O)O. The smallest absolute Gasteiger partial charge is 0.303 e. The van der Waals surface area contributed by atoms with E-state index < -0.39 is 5.97 Å². The molecule has 82 valence electrons. The molecule has 1 amide bonds. The Morgan fingerprint density at radius 2 is 1.64 bits per heavy atom. The molecule has 0 radical (unpaired) electrons. The molecular weight excluding hydrogens is 184 g/mol. The standard InChI is InChI=1S/C9H18N2O3/c1-10(2)6-7-11(3)8(12)4-5-9(13)14/h4-7H2,1-3H3,(H,13,14). The molecule has 0 unspecified atom stereocenters. The second kappa shape index (κ2) is 6.37. The van der Waals surface area contributed by atoms with E-state index in [9.17, 15) is 9.59 Å². The largest absolute Gasteiger partial charge is 0.481 e. The normalized spacial score (nSPS) is 10.3. The Morgan fingerprint density at radius 3 is 2.07 bits per heavy atom. The van der Waals surface area contributed by atoms with Crippen molar-refractivity contribution in [3.05, 3.63) is 0 Å². The second-order valence-corrected chi connectivity index (χ2v) is 3.51. The number of rotatable bonds is 6. The third-order valence-corrected chi connectivity index (χ3v) is 1.86. The maximum Gasteiger partial charge on any atom is 0.303 e. The lowest BCUT2D eigenvalue weighted by Crippen LogP contribution is -2.33. The summed E-state index contributed by atoms with van der Waals surface area (Å²) in [6.07, 6.45) is -0.00952. The van der Waals surface area contributed by atoms with Crippen molar-refractivity contribution in [2.24, 2.45) is 0 Å². The Balaban J connectivity index is 3.70. The number of carbonyl (C=O) groups is 2. The summed E-state index contributed by atoms with van der Waals surface area (Å²) in [4.78, 5) is 25.0. The van der Waals surface area contributed by atoms with Crippen LogP contribution in [0.4, 0.5) is 0 Å². The van der Waals surface area contributed by atoms with Gasteiger partial charge in [-0.3, -0.25) is 9.59 Å². The molecule has 0 aliphatic carbocycles. The van der Waals surface area contributed by atoms with Gasteiger partial charge in [0.25, 0.3) is 0 Å². The molecular formula is C9H18N2O3. The third kappa shape index (κ3) is 6.42. The minimum atomic E-state index is -0.931. The number of nitrogens with zero attached hydrogens (tertiary/aromatic N) is 2. The van der Waals surface area contributed by atoms with Crippen molar-refractivity contribution >= 4 is 11.9 Å². The van der Waals surface area contributed by atoms with Gasteiger partial charge in [0.2, 0.25) is 5.91 Å². The molecule has 0 aliphatic heterocycles. The molecule has 0 heterocycles. The van der Waals surface area contributed by atoms with Gasteiger partial charge in [-0.15, -0.1) is 0 Å². The van der Waals surface area contributed by atoms with Crippen LogP contribution in [-0.4, -0.2) is 61.0 Å². The lowest BCUT2D eigenvalue weighted by atomic mass is 10.3. The molecule has 0 aromatic rings. The number of carboxylic acids is 1. The zero-order valence-corrected chi connectivity index (χ0v) is 8.99. The number of carbonyl (C=O) groups excluding carboxylic acids is 1. The van der Waals surface area contributed by atoms with Crippen LogP contribution in [0, 0.1) is 0 Å². The maximum atomic E-state index is 11.3. The van der Waals surface area contributed by atoms with Crippen LogP contribution in [0.3, 0.4) is 0 Å². The quantitative estimate of drug-likeness (QED) is 0.652. The Labute approximate surface area is 84.3 Å². The first-order valence-corrected chi connectivity index (χ1v) is 4.54. The van der Waals surface area contributed by atoms with Crippen molar-refractivity contribution < 1.29 is 14.7 Å². The predicted octanol–water partition coefficient (Wildman–Crippen LogP) is -0.129. The summed E-state index contributed by atoms with van der Waals surface area (Å²) in [5.41, 5.74) is 0. The summed E-state index contributed by atoms with van der Waals surface area (Å²) in [7, 11) is 5.54. The van der Waals surface area contributed by atoms with E-state index in [0.29, 0.717) is 6.54 Å². The highest BCUT2D eigenvalue weighted by atomic mass is 16.4. The zero-order valence-electron chi connectivity index (χ0n) is 8.99. The molecule has 1 N–H and O–H groups in total. The fourth-order valence-electron chi connectivity index (χ4n) is 0.879. The van der Waals surface area contributed by atoms with E-state index >= 15 is 0 Å². The summed E-state index contributed by atoms with van der Waals surface area (Å²) in [6, 6.07) is 0. The molecule has 0 aromatic heterocycles. The lowest BCUT2D eigenvalue weighted by molar-refractivity contribution is -0.140. The molecule has 0 saturated carbocycles. The fraction of sp³-hybridized carbons (Fsp3) is 0.778. The van der Waals surface area contributed by atoms with Gasteiger partial charge in [-0.25, -0.2) is 0 Å². The number of likely N-dealkylation sites (N-methyl/N-ethyl adjacent to an activating group) is 2. The highest BCUT2D eigenvalue weighted by Crippen LogP contribution is 1.95. The Morgan fingerprint density at radius 1 is 1.07 bits per heavy atom. The third-order valence-electron chi connectivity index (χ3n) is 1.86. The average molecular weight is 202 g/mol. The van der Waals surface area contributed by atoms with Gasteiger partial charge in [-0.05, 0) is 14.1 Å². The van der Waals surface area contributed by atoms with Crippen molar-refractivity contribution in [1.29, 1.82) is 0 Å². The van der Waals surface area contributed by atoms with Gasteiger partial charge in [0.15, 0.2) is 0 Å². The van der Waals surface area contributed by atoms with Crippen molar-refractivity contribution in [2.75, 3.05) is 34.2 Å². The van der Waals surface area contributed by atoms with E-state index in [4.69, 9.17) is 5.11 Å². The molecule has 0 aliphatic rings. The van der Waals surface area contributed by atoms with Gasteiger partial charge >= 0.3 is 5.97 Å². The number of carboxylic acid groups (broad SMARTS) is 1. The maximum absolute atomic E-state index is 11.3. The molecule has 5 nitrogen and oxygen atoms in total. The first-order chi connectivity index (χ1) is 6.43. The van der Waals surface area contributed by atoms with Crippen LogP contribution in [0.2, 0.25) is 0 Å². The molecule has 0 rings (SSSR count). The lowest BCUT2D eigenvalue weighted by Gasteiger charge is -2.19. The van der Waals surface area contributed by atoms with Crippen molar-refractivity contribution in [3.63, 3.8) is 0 Å². The monoisotopic (exact) mass is 202 g/mol. The van der Waals surface area contributed by atoms with Crippen LogP contribution < -0.4 is 0 Å². The van der Waals surface area contributed by atoms with E-state index in [-0.39, 0.29) is 18.7 Å². The summed E-state index contributed by atoms with van der Waals surface area (Å²) in [5, 5.41) is 8.38. The predicted molar refractivity (Wildman–Crippen MR) is 53.1 cm³/mol. The van der Waals surface area contributed by atoms with E-state index in [0.717, 1.165) is 6.54 Å².